The maximum absolute atomic E-state index is 13.0. The van der Waals surface area contributed by atoms with Crippen LogP contribution < -0.4 is 4.74 Å². The molecule has 2 aromatic rings. The normalized spacial score (nSPS) is 10.5. The first kappa shape index (κ1) is 14.0. The van der Waals surface area contributed by atoms with E-state index in [1.54, 1.807) is 18.2 Å². The van der Waals surface area contributed by atoms with E-state index in [2.05, 4.69) is 15.9 Å². The molecular weight excluding hydrogens is 318 g/mol. The predicted molar refractivity (Wildman–Crippen MR) is 70.8 cm³/mol. The number of rotatable bonds is 4. The Hall–Kier alpha value is -1.46. The van der Waals surface area contributed by atoms with Gasteiger partial charge < -0.3 is 9.84 Å². The number of ether oxygens (including phenoxy) is 1. The number of benzene rings is 2. The highest BCUT2D eigenvalue weighted by Crippen LogP contribution is 2.27. The zero-order valence-corrected chi connectivity index (χ0v) is 11.5. The molecule has 5 heteroatoms. The van der Waals surface area contributed by atoms with E-state index < -0.39 is 11.6 Å². The zero-order chi connectivity index (χ0) is 13.8. The fourth-order valence-electron chi connectivity index (χ4n) is 1.62. The van der Waals surface area contributed by atoms with Gasteiger partial charge in [-0.15, -0.1) is 0 Å². The molecule has 0 unspecified atom stereocenters. The van der Waals surface area contributed by atoms with Gasteiger partial charge in [-0.1, -0.05) is 6.07 Å². The molecule has 2 nitrogen and oxygen atoms in total. The first-order valence-corrected chi connectivity index (χ1v) is 6.35. The smallest absolute Gasteiger partial charge is 0.134 e. The minimum atomic E-state index is -0.631. The van der Waals surface area contributed by atoms with Gasteiger partial charge >= 0.3 is 0 Å². The van der Waals surface area contributed by atoms with Gasteiger partial charge in [-0.05, 0) is 51.3 Å². The van der Waals surface area contributed by atoms with Crippen molar-refractivity contribution in [2.45, 2.75) is 13.2 Å². The van der Waals surface area contributed by atoms with Crippen molar-refractivity contribution >= 4 is 15.9 Å². The maximum atomic E-state index is 13.0. The third-order valence-corrected chi connectivity index (χ3v) is 3.12. The summed E-state index contributed by atoms with van der Waals surface area (Å²) < 4.78 is 32.1. The zero-order valence-electron chi connectivity index (χ0n) is 9.87. The first-order valence-electron chi connectivity index (χ1n) is 5.55. The topological polar surface area (TPSA) is 29.5 Å². The van der Waals surface area contributed by atoms with Gasteiger partial charge in [-0.2, -0.15) is 0 Å². The van der Waals surface area contributed by atoms with E-state index in [0.717, 1.165) is 11.6 Å². The summed E-state index contributed by atoms with van der Waals surface area (Å²) >= 11 is 3.31. The molecule has 0 atom stereocenters. The van der Waals surface area contributed by atoms with Crippen LogP contribution in [-0.4, -0.2) is 5.11 Å². The minimum Gasteiger partial charge on any atom is -0.488 e. The molecular formula is C14H11BrF2O2. The lowest BCUT2D eigenvalue weighted by Crippen LogP contribution is -1.98. The highest BCUT2D eigenvalue weighted by Gasteiger charge is 2.05. The number of aliphatic hydroxyl groups is 1. The summed E-state index contributed by atoms with van der Waals surface area (Å²) in [5.74, 6) is -0.719. The molecule has 0 saturated heterocycles. The van der Waals surface area contributed by atoms with Gasteiger partial charge in [0.2, 0.25) is 0 Å². The Labute approximate surface area is 117 Å². The SMILES string of the molecule is OCc1ccc(OCc2cc(F)cc(F)c2)c(Br)c1. The number of hydrogen-bond acceptors (Lipinski definition) is 2. The molecule has 19 heavy (non-hydrogen) atoms. The van der Waals surface area contributed by atoms with Crippen LogP contribution in [0.1, 0.15) is 11.1 Å². The average Bonchev–Trinajstić information content (AvgIpc) is 2.36. The lowest BCUT2D eigenvalue weighted by atomic mass is 10.2. The molecule has 0 spiro atoms. The highest BCUT2D eigenvalue weighted by atomic mass is 79.9. The molecule has 0 amide bonds. The Bertz CT molecular complexity index is 567. The van der Waals surface area contributed by atoms with E-state index in [-0.39, 0.29) is 13.2 Å². The van der Waals surface area contributed by atoms with Crippen LogP contribution in [0.25, 0.3) is 0 Å². The molecule has 2 aromatic carbocycles. The van der Waals surface area contributed by atoms with E-state index in [1.807, 2.05) is 0 Å². The van der Waals surface area contributed by atoms with Gasteiger partial charge in [0.1, 0.15) is 24.0 Å². The fourth-order valence-corrected chi connectivity index (χ4v) is 2.16. The van der Waals surface area contributed by atoms with E-state index in [1.165, 1.54) is 12.1 Å². The molecule has 0 aromatic heterocycles. The Morgan fingerprint density at radius 1 is 1.00 bits per heavy atom. The largest absolute Gasteiger partial charge is 0.488 e. The van der Waals surface area contributed by atoms with Crippen LogP contribution in [0.15, 0.2) is 40.9 Å². The van der Waals surface area contributed by atoms with Crippen LogP contribution in [0.3, 0.4) is 0 Å². The third kappa shape index (κ3) is 3.75. The van der Waals surface area contributed by atoms with Gasteiger partial charge in [0.05, 0.1) is 11.1 Å². The quantitative estimate of drug-likeness (QED) is 0.925. The summed E-state index contributed by atoms with van der Waals surface area (Å²) in [7, 11) is 0. The van der Waals surface area contributed by atoms with Crippen molar-refractivity contribution in [3.8, 4) is 5.75 Å². The molecule has 0 bridgehead atoms. The summed E-state index contributed by atoms with van der Waals surface area (Å²) in [4.78, 5) is 0. The molecule has 1 N–H and O–H groups in total. The van der Waals surface area contributed by atoms with Crippen LogP contribution in [0.4, 0.5) is 8.78 Å². The third-order valence-electron chi connectivity index (χ3n) is 2.50. The predicted octanol–water partition coefficient (Wildman–Crippen LogP) is 3.80. The lowest BCUT2D eigenvalue weighted by Gasteiger charge is -2.09. The summed E-state index contributed by atoms with van der Waals surface area (Å²) in [5, 5.41) is 8.98. The monoisotopic (exact) mass is 328 g/mol. The standard InChI is InChI=1S/C14H11BrF2O2/c15-13-5-9(7-18)1-2-14(13)19-8-10-3-11(16)6-12(17)4-10/h1-6,18H,7-8H2. The van der Waals surface area contributed by atoms with Gasteiger partial charge in [-0.25, -0.2) is 8.78 Å². The number of halogens is 3. The van der Waals surface area contributed by atoms with Crippen molar-refractivity contribution < 1.29 is 18.6 Å². The second-order valence-corrected chi connectivity index (χ2v) is 4.84. The molecule has 0 aliphatic rings. The second-order valence-electron chi connectivity index (χ2n) is 3.99. The van der Waals surface area contributed by atoms with Crippen molar-refractivity contribution in [2.24, 2.45) is 0 Å². The van der Waals surface area contributed by atoms with E-state index in [4.69, 9.17) is 9.84 Å². The van der Waals surface area contributed by atoms with Crippen molar-refractivity contribution in [3.05, 3.63) is 63.6 Å². The van der Waals surface area contributed by atoms with Crippen LogP contribution in [0.5, 0.6) is 5.75 Å². The lowest BCUT2D eigenvalue weighted by molar-refractivity contribution is 0.280. The summed E-state index contributed by atoms with van der Waals surface area (Å²) in [6.45, 7) is -0.000259. The molecule has 0 heterocycles. The van der Waals surface area contributed by atoms with Gasteiger partial charge in [0.25, 0.3) is 0 Å². The maximum Gasteiger partial charge on any atom is 0.134 e. The molecule has 0 radical (unpaired) electrons. The van der Waals surface area contributed by atoms with E-state index in [9.17, 15) is 8.78 Å². The van der Waals surface area contributed by atoms with Gasteiger partial charge in [-0.3, -0.25) is 0 Å². The second kappa shape index (κ2) is 6.12. The van der Waals surface area contributed by atoms with Crippen LogP contribution in [0, 0.1) is 11.6 Å². The molecule has 2 rings (SSSR count). The summed E-state index contributed by atoms with van der Waals surface area (Å²) in [5.41, 5.74) is 1.16. The fraction of sp³-hybridized carbons (Fsp3) is 0.143. The Morgan fingerprint density at radius 2 is 1.68 bits per heavy atom. The van der Waals surface area contributed by atoms with Crippen molar-refractivity contribution in [2.75, 3.05) is 0 Å². The number of hydrogen-bond donors (Lipinski definition) is 1. The molecule has 0 aliphatic heterocycles. The van der Waals surface area contributed by atoms with Gasteiger partial charge in [0, 0.05) is 6.07 Å². The van der Waals surface area contributed by atoms with Crippen LogP contribution in [-0.2, 0) is 13.2 Å². The molecule has 0 fully saturated rings. The van der Waals surface area contributed by atoms with Crippen LogP contribution >= 0.6 is 15.9 Å². The van der Waals surface area contributed by atoms with E-state index in [0.29, 0.717) is 15.8 Å². The Balaban J connectivity index is 2.10. The Kier molecular flexibility index (Phi) is 4.50. The average molecular weight is 329 g/mol. The van der Waals surface area contributed by atoms with Crippen molar-refractivity contribution in [1.82, 2.24) is 0 Å². The Morgan fingerprint density at radius 3 is 2.26 bits per heavy atom. The van der Waals surface area contributed by atoms with E-state index >= 15 is 0 Å². The van der Waals surface area contributed by atoms with Crippen LogP contribution in [0.2, 0.25) is 0 Å². The molecule has 100 valence electrons. The van der Waals surface area contributed by atoms with Crippen molar-refractivity contribution in [1.29, 1.82) is 0 Å². The first-order chi connectivity index (χ1) is 9.08. The number of aliphatic hydroxyl groups excluding tert-OH is 1. The molecule has 0 saturated carbocycles. The highest BCUT2D eigenvalue weighted by molar-refractivity contribution is 9.10. The van der Waals surface area contributed by atoms with Crippen molar-refractivity contribution in [3.63, 3.8) is 0 Å². The molecule has 0 aliphatic carbocycles. The summed E-state index contributed by atoms with van der Waals surface area (Å²) in [6, 6.07) is 8.38. The minimum absolute atomic E-state index is 0.0613. The van der Waals surface area contributed by atoms with Gasteiger partial charge in [0.15, 0.2) is 0 Å². The summed E-state index contributed by atoms with van der Waals surface area (Å²) in [6.07, 6.45) is 0.